The van der Waals surface area contributed by atoms with E-state index in [1.165, 1.54) is 6.42 Å². The Bertz CT molecular complexity index is 107. The lowest BCUT2D eigenvalue weighted by molar-refractivity contribution is 0.324. The van der Waals surface area contributed by atoms with Gasteiger partial charge in [0.15, 0.2) is 0 Å². The predicted octanol–water partition coefficient (Wildman–Crippen LogP) is 2.81. The molecule has 1 radical (unpaired) electrons. The zero-order valence-electron chi connectivity index (χ0n) is 6.35. The van der Waals surface area contributed by atoms with Gasteiger partial charge in [-0.1, -0.05) is 19.9 Å². The molecule has 0 aliphatic heterocycles. The van der Waals surface area contributed by atoms with E-state index in [-0.39, 0.29) is 0 Å². The highest BCUT2D eigenvalue weighted by Crippen LogP contribution is 2.46. The van der Waals surface area contributed by atoms with Crippen LogP contribution >= 0.6 is 0 Å². The maximum atomic E-state index is 3.74. The van der Waals surface area contributed by atoms with Gasteiger partial charge < -0.3 is 0 Å². The summed E-state index contributed by atoms with van der Waals surface area (Å²) >= 11 is 0. The third kappa shape index (κ3) is 1.57. The number of allylic oxidation sites excluding steroid dienone is 1. The predicted molar refractivity (Wildman–Crippen MR) is 41.0 cm³/mol. The van der Waals surface area contributed by atoms with Crippen molar-refractivity contribution in [1.82, 2.24) is 0 Å². The molecule has 1 fully saturated rings. The summed E-state index contributed by atoms with van der Waals surface area (Å²) in [6.45, 7) is 8.36. The second-order valence-corrected chi connectivity index (χ2v) is 3.56. The first-order valence-electron chi connectivity index (χ1n) is 3.61. The van der Waals surface area contributed by atoms with Crippen LogP contribution < -0.4 is 0 Å². The molecule has 0 amide bonds. The van der Waals surface area contributed by atoms with E-state index in [1.54, 1.807) is 0 Å². The molecule has 1 rings (SSSR count). The maximum absolute atomic E-state index is 3.74. The van der Waals surface area contributed by atoms with E-state index in [1.807, 2.05) is 6.08 Å². The molecule has 0 bridgehead atoms. The Kier molecular flexibility index (Phi) is 1.65. The lowest BCUT2D eigenvalue weighted by atomic mass is 9.84. The van der Waals surface area contributed by atoms with Gasteiger partial charge in [-0.15, -0.1) is 6.58 Å². The highest BCUT2D eigenvalue weighted by Gasteiger charge is 2.36. The molecular formula is C9H15. The molecule has 1 unspecified atom stereocenters. The Morgan fingerprint density at radius 2 is 2.33 bits per heavy atom. The van der Waals surface area contributed by atoms with Crippen LogP contribution in [0, 0.1) is 17.8 Å². The highest BCUT2D eigenvalue weighted by atomic mass is 14.4. The van der Waals surface area contributed by atoms with E-state index in [4.69, 9.17) is 0 Å². The summed E-state index contributed by atoms with van der Waals surface area (Å²) in [5.41, 5.74) is 0.488. The fraction of sp³-hybridized carbons (Fsp3) is 0.667. The van der Waals surface area contributed by atoms with Gasteiger partial charge in [0.05, 0.1) is 0 Å². The van der Waals surface area contributed by atoms with Crippen LogP contribution in [-0.2, 0) is 0 Å². The average molecular weight is 123 g/mol. The van der Waals surface area contributed by atoms with E-state index in [9.17, 15) is 0 Å². The van der Waals surface area contributed by atoms with Gasteiger partial charge in [0, 0.05) is 0 Å². The summed E-state index contributed by atoms with van der Waals surface area (Å²) in [7, 11) is 0. The number of hydrogen-bond acceptors (Lipinski definition) is 0. The maximum Gasteiger partial charge on any atom is -0.0289 e. The zero-order valence-corrected chi connectivity index (χ0v) is 6.35. The normalized spacial score (nSPS) is 19.8. The van der Waals surface area contributed by atoms with Crippen LogP contribution in [0.25, 0.3) is 0 Å². The lowest BCUT2D eigenvalue weighted by Gasteiger charge is -2.21. The molecule has 9 heavy (non-hydrogen) atoms. The summed E-state index contributed by atoms with van der Waals surface area (Å²) in [5.74, 6) is 0.871. The SMILES string of the molecule is C=CCC(C)(C)C1[CH]C1. The van der Waals surface area contributed by atoms with E-state index < -0.39 is 0 Å². The molecule has 0 saturated heterocycles. The Morgan fingerprint density at radius 1 is 1.78 bits per heavy atom. The van der Waals surface area contributed by atoms with Crippen LogP contribution in [0.3, 0.4) is 0 Å². The van der Waals surface area contributed by atoms with Crippen molar-refractivity contribution in [3.63, 3.8) is 0 Å². The monoisotopic (exact) mass is 123 g/mol. The Balaban J connectivity index is 2.38. The molecule has 0 heterocycles. The van der Waals surface area contributed by atoms with Crippen LogP contribution in [0.15, 0.2) is 12.7 Å². The Hall–Kier alpha value is -0.260. The summed E-state index contributed by atoms with van der Waals surface area (Å²) < 4.78 is 0. The highest BCUT2D eigenvalue weighted by molar-refractivity contribution is 5.04. The van der Waals surface area contributed by atoms with E-state index in [2.05, 4.69) is 26.8 Å². The first-order valence-corrected chi connectivity index (χ1v) is 3.61. The Morgan fingerprint density at radius 3 is 2.67 bits per heavy atom. The van der Waals surface area contributed by atoms with Gasteiger partial charge in [0.25, 0.3) is 0 Å². The standard InChI is InChI=1S/C9H15/c1-4-7-9(2,3)8-5-6-8/h4-5,8H,1,6-7H2,2-3H3. The van der Waals surface area contributed by atoms with Crippen LogP contribution in [-0.4, -0.2) is 0 Å². The van der Waals surface area contributed by atoms with Gasteiger partial charge >= 0.3 is 0 Å². The molecule has 0 aromatic rings. The first-order chi connectivity index (χ1) is 4.17. The lowest BCUT2D eigenvalue weighted by Crippen LogP contribution is -2.12. The van der Waals surface area contributed by atoms with Crippen molar-refractivity contribution in [3.05, 3.63) is 19.1 Å². The van der Waals surface area contributed by atoms with Crippen molar-refractivity contribution in [2.45, 2.75) is 26.7 Å². The smallest absolute Gasteiger partial charge is 0.0289 e. The molecule has 0 heteroatoms. The van der Waals surface area contributed by atoms with E-state index in [0.717, 1.165) is 12.3 Å². The van der Waals surface area contributed by atoms with Gasteiger partial charge in [-0.2, -0.15) is 0 Å². The molecule has 0 nitrogen and oxygen atoms in total. The molecule has 0 aromatic heterocycles. The minimum absolute atomic E-state index is 0.488. The summed E-state index contributed by atoms with van der Waals surface area (Å²) in [5, 5.41) is 0. The van der Waals surface area contributed by atoms with Crippen molar-refractivity contribution in [1.29, 1.82) is 0 Å². The minimum atomic E-state index is 0.488. The molecule has 0 N–H and O–H groups in total. The van der Waals surface area contributed by atoms with Gasteiger partial charge in [0.2, 0.25) is 0 Å². The quantitative estimate of drug-likeness (QED) is 0.506. The Labute approximate surface area is 58.0 Å². The molecule has 1 atom stereocenters. The molecule has 0 spiro atoms. The van der Waals surface area contributed by atoms with Gasteiger partial charge in [-0.25, -0.2) is 0 Å². The van der Waals surface area contributed by atoms with Gasteiger partial charge in [-0.05, 0) is 30.6 Å². The topological polar surface area (TPSA) is 0 Å². The molecule has 1 aliphatic rings. The van der Waals surface area contributed by atoms with Crippen molar-refractivity contribution in [2.24, 2.45) is 11.3 Å². The number of rotatable bonds is 3. The zero-order chi connectivity index (χ0) is 6.91. The second-order valence-electron chi connectivity index (χ2n) is 3.56. The van der Waals surface area contributed by atoms with Crippen molar-refractivity contribution < 1.29 is 0 Å². The fourth-order valence-corrected chi connectivity index (χ4v) is 1.23. The van der Waals surface area contributed by atoms with Crippen LogP contribution in [0.1, 0.15) is 26.7 Å². The first kappa shape index (κ1) is 6.85. The van der Waals surface area contributed by atoms with E-state index >= 15 is 0 Å². The summed E-state index contributed by atoms with van der Waals surface area (Å²) in [6, 6.07) is 0. The van der Waals surface area contributed by atoms with Gasteiger partial charge in [-0.3, -0.25) is 0 Å². The minimum Gasteiger partial charge on any atom is -0.103 e. The van der Waals surface area contributed by atoms with Crippen LogP contribution in [0.4, 0.5) is 0 Å². The average Bonchev–Trinajstić information content (AvgIpc) is 2.41. The molecular weight excluding hydrogens is 108 g/mol. The van der Waals surface area contributed by atoms with Crippen molar-refractivity contribution in [2.75, 3.05) is 0 Å². The fourth-order valence-electron chi connectivity index (χ4n) is 1.23. The number of hydrogen-bond donors (Lipinski definition) is 0. The van der Waals surface area contributed by atoms with Crippen molar-refractivity contribution in [3.8, 4) is 0 Å². The van der Waals surface area contributed by atoms with E-state index in [0.29, 0.717) is 5.41 Å². The second kappa shape index (κ2) is 2.17. The summed E-state index contributed by atoms with van der Waals surface area (Å²) in [4.78, 5) is 0. The molecule has 1 saturated carbocycles. The summed E-state index contributed by atoms with van der Waals surface area (Å²) in [6.07, 6.45) is 6.87. The largest absolute Gasteiger partial charge is 0.103 e. The third-order valence-corrected chi connectivity index (χ3v) is 2.15. The van der Waals surface area contributed by atoms with Crippen LogP contribution in [0.2, 0.25) is 0 Å². The van der Waals surface area contributed by atoms with Crippen LogP contribution in [0.5, 0.6) is 0 Å². The van der Waals surface area contributed by atoms with Crippen molar-refractivity contribution >= 4 is 0 Å². The molecule has 51 valence electrons. The molecule has 0 aromatic carbocycles. The van der Waals surface area contributed by atoms with Gasteiger partial charge in [0.1, 0.15) is 0 Å². The third-order valence-electron chi connectivity index (χ3n) is 2.15. The molecule has 1 aliphatic carbocycles.